The summed E-state index contributed by atoms with van der Waals surface area (Å²) in [6.45, 7) is 1.50. The highest BCUT2D eigenvalue weighted by atomic mass is 32.2. The maximum Gasteiger partial charge on any atom is 0.339 e. The Morgan fingerprint density at radius 1 is 1.11 bits per heavy atom. The van der Waals surface area contributed by atoms with Gasteiger partial charge in [-0.3, -0.25) is 4.79 Å². The fourth-order valence-electron chi connectivity index (χ4n) is 2.32. The highest BCUT2D eigenvalue weighted by Crippen LogP contribution is 2.27. The average molecular weight is 382 g/mol. The van der Waals surface area contributed by atoms with Crippen LogP contribution in [0, 0.1) is 6.92 Å². The van der Waals surface area contributed by atoms with Gasteiger partial charge in [0, 0.05) is 16.6 Å². The summed E-state index contributed by atoms with van der Waals surface area (Å²) in [5.74, 6) is 0.328. The van der Waals surface area contributed by atoms with Crippen LogP contribution in [0.3, 0.4) is 0 Å². The van der Waals surface area contributed by atoms with Crippen molar-refractivity contribution in [2.75, 3.05) is 11.9 Å². The fraction of sp³-hybridized carbons (Fsp3) is 0.150. The van der Waals surface area contributed by atoms with Crippen LogP contribution >= 0.6 is 11.8 Å². The summed E-state index contributed by atoms with van der Waals surface area (Å²) < 4.78 is 10.3. The number of carbonyl (C=O) groups excluding carboxylic acids is 2. The zero-order valence-electron chi connectivity index (χ0n) is 14.7. The Morgan fingerprint density at radius 3 is 2.59 bits per heavy atom. The van der Waals surface area contributed by atoms with E-state index in [1.807, 2.05) is 43.3 Å². The Hall–Kier alpha value is -3.06. The number of nitrogens with one attached hydrogen (secondary N) is 1. The third-order valence-electron chi connectivity index (χ3n) is 3.55. The molecule has 3 aromatic rings. The first-order valence-corrected chi connectivity index (χ1v) is 9.26. The van der Waals surface area contributed by atoms with Gasteiger partial charge >= 0.3 is 5.97 Å². The Labute approximate surface area is 160 Å². The van der Waals surface area contributed by atoms with Crippen LogP contribution in [-0.4, -0.2) is 23.6 Å². The zero-order chi connectivity index (χ0) is 19.1. The molecule has 1 aromatic heterocycles. The van der Waals surface area contributed by atoms with Crippen LogP contribution in [0.4, 0.5) is 5.69 Å². The highest BCUT2D eigenvalue weighted by Gasteiger charge is 2.15. The standard InChI is InChI=1S/C20H18N2O4S/c1-14-11-16(26-22-14)13-27-18-10-6-5-9-17(18)20(24)25-12-19(23)21-15-7-3-2-4-8-15/h2-11H,12-13H2,1H3,(H,21,23). The van der Waals surface area contributed by atoms with Gasteiger partial charge in [-0.2, -0.15) is 0 Å². The molecule has 0 radical (unpaired) electrons. The third-order valence-corrected chi connectivity index (χ3v) is 4.64. The molecule has 1 heterocycles. The molecule has 0 bridgehead atoms. The number of aromatic nitrogens is 1. The van der Waals surface area contributed by atoms with Gasteiger partial charge in [0.15, 0.2) is 6.61 Å². The molecule has 0 atom stereocenters. The second kappa shape index (κ2) is 9.05. The third kappa shape index (κ3) is 5.46. The molecule has 1 amide bonds. The van der Waals surface area contributed by atoms with Gasteiger partial charge in [0.1, 0.15) is 5.76 Å². The van der Waals surface area contributed by atoms with Gasteiger partial charge < -0.3 is 14.6 Å². The molecule has 0 fully saturated rings. The van der Waals surface area contributed by atoms with Gasteiger partial charge in [-0.15, -0.1) is 11.8 Å². The van der Waals surface area contributed by atoms with E-state index >= 15 is 0 Å². The largest absolute Gasteiger partial charge is 0.452 e. The molecule has 0 unspecified atom stereocenters. The average Bonchev–Trinajstić information content (AvgIpc) is 3.11. The first-order chi connectivity index (χ1) is 13.1. The van der Waals surface area contributed by atoms with Crippen LogP contribution in [0.1, 0.15) is 21.8 Å². The Balaban J connectivity index is 1.57. The molecule has 0 aliphatic heterocycles. The molecule has 138 valence electrons. The summed E-state index contributed by atoms with van der Waals surface area (Å²) >= 11 is 1.44. The maximum absolute atomic E-state index is 12.4. The van der Waals surface area contributed by atoms with Gasteiger partial charge in [0.05, 0.1) is 17.0 Å². The van der Waals surface area contributed by atoms with Crippen LogP contribution in [0.25, 0.3) is 0 Å². The maximum atomic E-state index is 12.4. The second-order valence-electron chi connectivity index (χ2n) is 5.71. The normalized spacial score (nSPS) is 10.4. The zero-order valence-corrected chi connectivity index (χ0v) is 15.5. The van der Waals surface area contributed by atoms with Gasteiger partial charge in [-0.25, -0.2) is 4.79 Å². The molecule has 0 saturated heterocycles. The predicted octanol–water partition coefficient (Wildman–Crippen LogP) is 4.07. The molecular formula is C20H18N2O4S. The number of hydrogen-bond acceptors (Lipinski definition) is 6. The number of aryl methyl sites for hydroxylation is 1. The number of benzene rings is 2. The van der Waals surface area contributed by atoms with Crippen molar-refractivity contribution in [2.45, 2.75) is 17.6 Å². The monoisotopic (exact) mass is 382 g/mol. The van der Waals surface area contributed by atoms with E-state index in [9.17, 15) is 9.59 Å². The lowest BCUT2D eigenvalue weighted by molar-refractivity contribution is -0.119. The Morgan fingerprint density at radius 2 is 1.85 bits per heavy atom. The van der Waals surface area contributed by atoms with Gasteiger partial charge in [0.2, 0.25) is 0 Å². The number of rotatable bonds is 7. The lowest BCUT2D eigenvalue weighted by Crippen LogP contribution is -2.21. The first kappa shape index (κ1) is 18.7. The van der Waals surface area contributed by atoms with Crippen LogP contribution in [0.15, 0.2) is 70.1 Å². The van der Waals surface area contributed by atoms with E-state index in [0.717, 1.165) is 16.3 Å². The van der Waals surface area contributed by atoms with Crippen molar-refractivity contribution in [3.05, 3.63) is 77.7 Å². The van der Waals surface area contributed by atoms with E-state index in [4.69, 9.17) is 9.26 Å². The molecule has 1 N–H and O–H groups in total. The number of nitrogens with zero attached hydrogens (tertiary/aromatic N) is 1. The molecule has 0 spiro atoms. The summed E-state index contributed by atoms with van der Waals surface area (Å²) in [5.41, 5.74) is 1.87. The lowest BCUT2D eigenvalue weighted by Gasteiger charge is -2.09. The number of para-hydroxylation sites is 1. The quantitative estimate of drug-likeness (QED) is 0.490. The van der Waals surface area contributed by atoms with Crippen molar-refractivity contribution >= 4 is 29.3 Å². The van der Waals surface area contributed by atoms with Crippen molar-refractivity contribution < 1.29 is 18.8 Å². The fourth-order valence-corrected chi connectivity index (χ4v) is 3.24. The highest BCUT2D eigenvalue weighted by molar-refractivity contribution is 7.98. The van der Waals surface area contributed by atoms with Crippen molar-refractivity contribution in [1.29, 1.82) is 0 Å². The number of anilines is 1. The predicted molar refractivity (Wildman–Crippen MR) is 103 cm³/mol. The molecule has 7 heteroatoms. The number of thioether (sulfide) groups is 1. The summed E-state index contributed by atoms with van der Waals surface area (Å²) in [6.07, 6.45) is 0. The number of hydrogen-bond donors (Lipinski definition) is 1. The summed E-state index contributed by atoms with van der Waals surface area (Å²) in [6, 6.07) is 17.9. The van der Waals surface area contributed by atoms with Crippen LogP contribution in [0.5, 0.6) is 0 Å². The SMILES string of the molecule is Cc1cc(CSc2ccccc2C(=O)OCC(=O)Nc2ccccc2)on1. The van der Waals surface area contributed by atoms with E-state index in [-0.39, 0.29) is 6.61 Å². The summed E-state index contributed by atoms with van der Waals surface area (Å²) in [7, 11) is 0. The van der Waals surface area contributed by atoms with Gasteiger partial charge in [-0.05, 0) is 31.2 Å². The number of amides is 1. The molecule has 3 rings (SSSR count). The molecule has 0 saturated carbocycles. The van der Waals surface area contributed by atoms with E-state index in [2.05, 4.69) is 10.5 Å². The van der Waals surface area contributed by atoms with Crippen molar-refractivity contribution in [2.24, 2.45) is 0 Å². The van der Waals surface area contributed by atoms with Crippen molar-refractivity contribution in [3.63, 3.8) is 0 Å². The molecule has 0 aliphatic rings. The van der Waals surface area contributed by atoms with Gasteiger partial charge in [0.25, 0.3) is 5.91 Å². The summed E-state index contributed by atoms with van der Waals surface area (Å²) in [5, 5.41) is 6.52. The minimum atomic E-state index is -0.546. The van der Waals surface area contributed by atoms with E-state index in [1.165, 1.54) is 11.8 Å². The minimum Gasteiger partial charge on any atom is -0.452 e. The van der Waals surface area contributed by atoms with Crippen molar-refractivity contribution in [1.82, 2.24) is 5.16 Å². The summed E-state index contributed by atoms with van der Waals surface area (Å²) in [4.78, 5) is 25.1. The van der Waals surface area contributed by atoms with Gasteiger partial charge in [-0.1, -0.05) is 35.5 Å². The number of ether oxygens (including phenoxy) is 1. The molecular weight excluding hydrogens is 364 g/mol. The van der Waals surface area contributed by atoms with E-state index in [1.54, 1.807) is 24.3 Å². The molecule has 6 nitrogen and oxygen atoms in total. The number of carbonyl (C=O) groups is 2. The Bertz CT molecular complexity index is 924. The van der Waals surface area contributed by atoms with E-state index < -0.39 is 11.9 Å². The first-order valence-electron chi connectivity index (χ1n) is 8.28. The topological polar surface area (TPSA) is 81.4 Å². The van der Waals surface area contributed by atoms with E-state index in [0.29, 0.717) is 17.0 Å². The van der Waals surface area contributed by atoms with Crippen LogP contribution in [-0.2, 0) is 15.3 Å². The van der Waals surface area contributed by atoms with Crippen LogP contribution in [0.2, 0.25) is 0 Å². The minimum absolute atomic E-state index is 0.353. The van der Waals surface area contributed by atoms with Crippen molar-refractivity contribution in [3.8, 4) is 0 Å². The lowest BCUT2D eigenvalue weighted by atomic mass is 10.2. The number of esters is 1. The molecule has 0 aliphatic carbocycles. The molecule has 27 heavy (non-hydrogen) atoms. The Kier molecular flexibility index (Phi) is 6.27. The smallest absolute Gasteiger partial charge is 0.339 e. The van der Waals surface area contributed by atoms with Crippen LogP contribution < -0.4 is 5.32 Å². The molecule has 2 aromatic carbocycles. The second-order valence-corrected chi connectivity index (χ2v) is 6.73.